The summed E-state index contributed by atoms with van der Waals surface area (Å²) < 4.78 is 0. The van der Waals surface area contributed by atoms with Gasteiger partial charge in [-0.2, -0.15) is 5.26 Å². The van der Waals surface area contributed by atoms with Crippen LogP contribution in [0.25, 0.3) is 11.0 Å². The smallest absolute Gasteiger partial charge is 0.236 e. The van der Waals surface area contributed by atoms with Crippen molar-refractivity contribution in [3.8, 4) is 6.07 Å². The van der Waals surface area contributed by atoms with Crippen molar-refractivity contribution < 1.29 is 4.79 Å². The normalized spacial score (nSPS) is 11.9. The van der Waals surface area contributed by atoms with Crippen molar-refractivity contribution in [3.05, 3.63) is 18.6 Å². The van der Waals surface area contributed by atoms with Crippen LogP contribution in [0, 0.1) is 17.2 Å². The van der Waals surface area contributed by atoms with Gasteiger partial charge in [0.2, 0.25) is 5.91 Å². The van der Waals surface area contributed by atoms with Crippen LogP contribution in [0.2, 0.25) is 0 Å². The van der Waals surface area contributed by atoms with Gasteiger partial charge < -0.3 is 14.8 Å². The van der Waals surface area contributed by atoms with Crippen LogP contribution < -0.4 is 4.90 Å². The van der Waals surface area contributed by atoms with Gasteiger partial charge in [0.1, 0.15) is 24.2 Å². The second-order valence-corrected chi connectivity index (χ2v) is 6.02. The number of carbonyl (C=O) groups is 1. The lowest BCUT2D eigenvalue weighted by atomic mass is 10.1. The van der Waals surface area contributed by atoms with E-state index in [4.69, 9.17) is 5.26 Å². The molecule has 2 aromatic rings. The van der Waals surface area contributed by atoms with E-state index in [1.807, 2.05) is 32.3 Å². The molecule has 0 aliphatic heterocycles. The molecule has 24 heavy (non-hydrogen) atoms. The Morgan fingerprint density at radius 2 is 2.25 bits per heavy atom. The Labute approximate surface area is 142 Å². The summed E-state index contributed by atoms with van der Waals surface area (Å²) in [5, 5.41) is 9.67. The fourth-order valence-corrected chi connectivity index (χ4v) is 2.74. The van der Waals surface area contributed by atoms with Gasteiger partial charge in [-0.05, 0) is 25.3 Å². The summed E-state index contributed by atoms with van der Waals surface area (Å²) in [5.41, 5.74) is 0.833. The number of hydrogen-bond donors (Lipinski definition) is 1. The van der Waals surface area contributed by atoms with Gasteiger partial charge >= 0.3 is 0 Å². The summed E-state index contributed by atoms with van der Waals surface area (Å²) in [6.07, 6.45) is 4.31. The maximum Gasteiger partial charge on any atom is 0.236 e. The van der Waals surface area contributed by atoms with Crippen molar-refractivity contribution in [2.24, 2.45) is 5.92 Å². The number of nitrogens with one attached hydrogen (secondary N) is 1. The largest absolute Gasteiger partial charge is 0.359 e. The van der Waals surface area contributed by atoms with Crippen LogP contribution in [-0.2, 0) is 4.79 Å². The molecule has 7 nitrogen and oxygen atoms in total. The molecule has 2 heterocycles. The SMILES string of the molecule is CCN(C[C@H](C)CCN(C)c1ncnc2[nH]ccc12)C(=O)CC#N. The van der Waals surface area contributed by atoms with Gasteiger partial charge in [-0.1, -0.05) is 6.92 Å². The molecule has 0 bridgehead atoms. The topological polar surface area (TPSA) is 88.9 Å². The first kappa shape index (κ1) is 17.7. The minimum atomic E-state index is -0.0926. The Morgan fingerprint density at radius 3 is 2.96 bits per heavy atom. The van der Waals surface area contributed by atoms with Crippen molar-refractivity contribution >= 4 is 22.8 Å². The predicted octanol–water partition coefficient (Wildman–Crippen LogP) is 2.18. The molecule has 1 amide bonds. The van der Waals surface area contributed by atoms with E-state index >= 15 is 0 Å². The van der Waals surface area contributed by atoms with Crippen LogP contribution >= 0.6 is 0 Å². The molecule has 0 aliphatic carbocycles. The standard InChI is InChI=1S/C17H24N6O/c1-4-23(15(24)5-8-18)11-13(2)7-10-22(3)17-14-6-9-19-16(14)20-12-21-17/h6,9,12-13H,4-5,7,10-11H2,1-3H3,(H,19,20,21)/t13-/m1/s1. The van der Waals surface area contributed by atoms with E-state index in [0.717, 1.165) is 29.8 Å². The second kappa shape index (κ2) is 8.29. The fourth-order valence-electron chi connectivity index (χ4n) is 2.74. The van der Waals surface area contributed by atoms with E-state index in [1.54, 1.807) is 11.2 Å². The summed E-state index contributed by atoms with van der Waals surface area (Å²) in [5.74, 6) is 1.16. The number of aromatic nitrogens is 3. The van der Waals surface area contributed by atoms with Gasteiger partial charge in [0.15, 0.2) is 0 Å². The zero-order valence-electron chi connectivity index (χ0n) is 14.5. The van der Waals surface area contributed by atoms with E-state index in [2.05, 4.69) is 26.8 Å². The van der Waals surface area contributed by atoms with E-state index in [0.29, 0.717) is 19.0 Å². The van der Waals surface area contributed by atoms with Crippen LogP contribution in [0.15, 0.2) is 18.6 Å². The molecule has 0 aromatic carbocycles. The summed E-state index contributed by atoms with van der Waals surface area (Å²) in [6.45, 7) is 6.22. The van der Waals surface area contributed by atoms with E-state index < -0.39 is 0 Å². The average Bonchev–Trinajstić information content (AvgIpc) is 3.06. The van der Waals surface area contributed by atoms with Gasteiger partial charge in [0.25, 0.3) is 0 Å². The Bertz CT molecular complexity index is 719. The Kier molecular flexibility index (Phi) is 6.13. The molecular formula is C17H24N6O. The molecule has 7 heteroatoms. The van der Waals surface area contributed by atoms with Gasteiger partial charge in [0.05, 0.1) is 11.5 Å². The molecule has 0 saturated heterocycles. The zero-order chi connectivity index (χ0) is 17.5. The van der Waals surface area contributed by atoms with Gasteiger partial charge in [-0.15, -0.1) is 0 Å². The number of aromatic amines is 1. The molecule has 0 aliphatic rings. The second-order valence-electron chi connectivity index (χ2n) is 6.02. The van der Waals surface area contributed by atoms with Crippen molar-refractivity contribution in [3.63, 3.8) is 0 Å². The lowest BCUT2D eigenvalue weighted by molar-refractivity contribution is -0.130. The lowest BCUT2D eigenvalue weighted by Crippen LogP contribution is -2.35. The number of rotatable bonds is 8. The maximum atomic E-state index is 11.9. The van der Waals surface area contributed by atoms with Crippen LogP contribution in [0.1, 0.15) is 26.7 Å². The van der Waals surface area contributed by atoms with Gasteiger partial charge in [0, 0.05) is 32.9 Å². The third kappa shape index (κ3) is 4.22. The molecular weight excluding hydrogens is 304 g/mol. The first-order chi connectivity index (χ1) is 11.6. The number of fused-ring (bicyclic) bond motifs is 1. The minimum absolute atomic E-state index is 0.0487. The molecule has 2 aromatic heterocycles. The maximum absolute atomic E-state index is 11.9. The number of anilines is 1. The number of nitriles is 1. The molecule has 128 valence electrons. The summed E-state index contributed by atoms with van der Waals surface area (Å²) in [7, 11) is 2.01. The van der Waals surface area contributed by atoms with Crippen LogP contribution in [0.5, 0.6) is 0 Å². The molecule has 0 unspecified atom stereocenters. The third-order valence-corrected chi connectivity index (χ3v) is 4.15. The Balaban J connectivity index is 1.91. The molecule has 1 N–H and O–H groups in total. The monoisotopic (exact) mass is 328 g/mol. The zero-order valence-corrected chi connectivity index (χ0v) is 14.5. The number of hydrogen-bond acceptors (Lipinski definition) is 5. The summed E-state index contributed by atoms with van der Waals surface area (Å²) >= 11 is 0. The molecule has 0 spiro atoms. The highest BCUT2D eigenvalue weighted by molar-refractivity contribution is 5.87. The van der Waals surface area contributed by atoms with Gasteiger partial charge in [-0.3, -0.25) is 4.79 Å². The predicted molar refractivity (Wildman–Crippen MR) is 93.4 cm³/mol. The number of carbonyl (C=O) groups excluding carboxylic acids is 1. The highest BCUT2D eigenvalue weighted by Crippen LogP contribution is 2.21. The fraction of sp³-hybridized carbons (Fsp3) is 0.529. The highest BCUT2D eigenvalue weighted by Gasteiger charge is 2.16. The van der Waals surface area contributed by atoms with E-state index in [-0.39, 0.29) is 12.3 Å². The van der Waals surface area contributed by atoms with E-state index in [1.165, 1.54) is 0 Å². The Morgan fingerprint density at radius 1 is 1.46 bits per heavy atom. The molecule has 0 radical (unpaired) electrons. The summed E-state index contributed by atoms with van der Waals surface area (Å²) in [6, 6.07) is 3.90. The minimum Gasteiger partial charge on any atom is -0.359 e. The molecule has 0 fully saturated rings. The van der Waals surface area contributed by atoms with E-state index in [9.17, 15) is 4.79 Å². The molecule has 0 saturated carbocycles. The molecule has 1 atom stereocenters. The highest BCUT2D eigenvalue weighted by atomic mass is 16.2. The quantitative estimate of drug-likeness (QED) is 0.802. The van der Waals surface area contributed by atoms with Gasteiger partial charge in [-0.25, -0.2) is 9.97 Å². The van der Waals surface area contributed by atoms with Crippen molar-refractivity contribution in [2.45, 2.75) is 26.7 Å². The van der Waals surface area contributed by atoms with Crippen molar-refractivity contribution in [2.75, 3.05) is 31.6 Å². The van der Waals surface area contributed by atoms with Crippen LogP contribution in [0.3, 0.4) is 0 Å². The third-order valence-electron chi connectivity index (χ3n) is 4.15. The Hall–Kier alpha value is -2.62. The van der Waals surface area contributed by atoms with Crippen molar-refractivity contribution in [1.82, 2.24) is 19.9 Å². The first-order valence-corrected chi connectivity index (χ1v) is 8.20. The first-order valence-electron chi connectivity index (χ1n) is 8.20. The van der Waals surface area contributed by atoms with Crippen LogP contribution in [0.4, 0.5) is 5.82 Å². The average molecular weight is 328 g/mol. The lowest BCUT2D eigenvalue weighted by Gasteiger charge is -2.26. The molecule has 2 rings (SSSR count). The number of H-pyrrole nitrogens is 1. The summed E-state index contributed by atoms with van der Waals surface area (Å²) in [4.78, 5) is 27.4. The van der Waals surface area contributed by atoms with Crippen LogP contribution in [-0.4, -0.2) is 52.4 Å². The number of nitrogens with zero attached hydrogens (tertiary/aromatic N) is 5. The number of amides is 1. The van der Waals surface area contributed by atoms with Crippen molar-refractivity contribution in [1.29, 1.82) is 5.26 Å².